The first-order chi connectivity index (χ1) is 10.2. The average Bonchev–Trinajstić information content (AvgIpc) is 3.11. The summed E-state index contributed by atoms with van der Waals surface area (Å²) in [5.41, 5.74) is 0. The minimum atomic E-state index is 0.511. The summed E-state index contributed by atoms with van der Waals surface area (Å²) >= 11 is 3.63. The fraction of sp³-hybridized carbons (Fsp3) is 0.500. The minimum absolute atomic E-state index is 0.511. The molecule has 2 saturated carbocycles. The van der Waals surface area contributed by atoms with Crippen LogP contribution in [-0.4, -0.2) is 11.0 Å². The highest BCUT2D eigenvalue weighted by Crippen LogP contribution is 2.50. The second-order valence-electron chi connectivity index (χ2n) is 6.77. The molecule has 2 aliphatic rings. The normalized spacial score (nSPS) is 29.0. The second kappa shape index (κ2) is 5.28. The molecule has 1 aromatic heterocycles. The van der Waals surface area contributed by atoms with E-state index >= 15 is 0 Å². The van der Waals surface area contributed by atoms with E-state index < -0.39 is 0 Å². The third-order valence-electron chi connectivity index (χ3n) is 5.55. The van der Waals surface area contributed by atoms with Crippen LogP contribution in [0.1, 0.15) is 32.6 Å². The first kappa shape index (κ1) is 13.6. The highest BCUT2D eigenvalue weighted by atomic mass is 79.9. The SMILES string of the molecule is CC(Nc1nccc2c(Br)cccc12)C1CC2CCC1C2. The number of nitrogens with one attached hydrogen (secondary N) is 1. The molecule has 21 heavy (non-hydrogen) atoms. The van der Waals surface area contributed by atoms with Crippen molar-refractivity contribution in [3.05, 3.63) is 34.9 Å². The standard InChI is InChI=1S/C18H21BrN2/c1-11(16-10-12-5-6-13(16)9-12)21-18-15-3-2-4-17(19)14(15)7-8-20-18/h2-4,7-8,11-13,16H,5-6,9-10H2,1H3,(H,20,21). The minimum Gasteiger partial charge on any atom is -0.367 e. The van der Waals surface area contributed by atoms with E-state index in [-0.39, 0.29) is 0 Å². The van der Waals surface area contributed by atoms with Gasteiger partial charge in [0.1, 0.15) is 5.82 Å². The monoisotopic (exact) mass is 344 g/mol. The summed E-state index contributed by atoms with van der Waals surface area (Å²) in [6.07, 6.45) is 7.69. The van der Waals surface area contributed by atoms with Crippen molar-refractivity contribution in [2.45, 2.75) is 38.6 Å². The van der Waals surface area contributed by atoms with Gasteiger partial charge in [0.25, 0.3) is 0 Å². The molecule has 0 amide bonds. The fourth-order valence-corrected chi connectivity index (χ4v) is 5.01. The molecule has 0 spiro atoms. The smallest absolute Gasteiger partial charge is 0.134 e. The lowest BCUT2D eigenvalue weighted by atomic mass is 9.84. The van der Waals surface area contributed by atoms with Gasteiger partial charge in [-0.25, -0.2) is 4.98 Å². The van der Waals surface area contributed by atoms with Gasteiger partial charge >= 0.3 is 0 Å². The first-order valence-electron chi connectivity index (χ1n) is 8.02. The summed E-state index contributed by atoms with van der Waals surface area (Å²) in [5.74, 6) is 3.80. The molecule has 4 rings (SSSR count). The van der Waals surface area contributed by atoms with Crippen molar-refractivity contribution in [1.82, 2.24) is 4.98 Å². The third kappa shape index (κ3) is 2.36. The zero-order chi connectivity index (χ0) is 14.4. The number of hydrogen-bond acceptors (Lipinski definition) is 2. The molecule has 0 radical (unpaired) electrons. The maximum absolute atomic E-state index is 4.59. The number of aromatic nitrogens is 1. The Morgan fingerprint density at radius 3 is 2.86 bits per heavy atom. The Balaban J connectivity index is 1.61. The summed E-state index contributed by atoms with van der Waals surface area (Å²) in [5, 5.41) is 6.15. The van der Waals surface area contributed by atoms with Gasteiger partial charge in [-0.1, -0.05) is 34.5 Å². The van der Waals surface area contributed by atoms with Gasteiger partial charge in [-0.2, -0.15) is 0 Å². The van der Waals surface area contributed by atoms with Crippen LogP contribution in [0.5, 0.6) is 0 Å². The second-order valence-corrected chi connectivity index (χ2v) is 7.62. The predicted octanol–water partition coefficient (Wildman–Crippen LogP) is 5.23. The maximum atomic E-state index is 4.59. The number of benzene rings is 1. The Kier molecular flexibility index (Phi) is 3.41. The predicted molar refractivity (Wildman–Crippen MR) is 91.5 cm³/mol. The Morgan fingerprint density at radius 1 is 1.19 bits per heavy atom. The van der Waals surface area contributed by atoms with Gasteiger partial charge in [0.05, 0.1) is 0 Å². The molecule has 4 atom stereocenters. The summed E-state index contributed by atoms with van der Waals surface area (Å²) in [4.78, 5) is 4.59. The summed E-state index contributed by atoms with van der Waals surface area (Å²) < 4.78 is 1.14. The molecule has 110 valence electrons. The molecule has 2 bridgehead atoms. The topological polar surface area (TPSA) is 24.9 Å². The quantitative estimate of drug-likeness (QED) is 0.823. The van der Waals surface area contributed by atoms with Crippen LogP contribution in [-0.2, 0) is 0 Å². The lowest BCUT2D eigenvalue weighted by Crippen LogP contribution is -2.30. The van der Waals surface area contributed by atoms with Crippen LogP contribution in [0, 0.1) is 17.8 Å². The molecule has 1 heterocycles. The van der Waals surface area contributed by atoms with Crippen molar-refractivity contribution < 1.29 is 0 Å². The van der Waals surface area contributed by atoms with E-state index in [4.69, 9.17) is 0 Å². The molecule has 4 unspecified atom stereocenters. The molecule has 2 aromatic rings. The van der Waals surface area contributed by atoms with Crippen molar-refractivity contribution >= 4 is 32.5 Å². The molecule has 1 N–H and O–H groups in total. The third-order valence-corrected chi connectivity index (χ3v) is 6.24. The van der Waals surface area contributed by atoms with Crippen LogP contribution in [0.25, 0.3) is 10.8 Å². The van der Waals surface area contributed by atoms with Crippen molar-refractivity contribution in [2.24, 2.45) is 17.8 Å². The molecule has 2 aliphatic carbocycles. The van der Waals surface area contributed by atoms with Gasteiger partial charge < -0.3 is 5.32 Å². The number of rotatable bonds is 3. The lowest BCUT2D eigenvalue weighted by molar-refractivity contribution is 0.304. The Labute approximate surface area is 134 Å². The maximum Gasteiger partial charge on any atom is 0.134 e. The molecular weight excluding hydrogens is 324 g/mol. The number of pyridine rings is 1. The van der Waals surface area contributed by atoms with Crippen LogP contribution in [0.15, 0.2) is 34.9 Å². The van der Waals surface area contributed by atoms with E-state index in [1.165, 1.54) is 36.5 Å². The number of halogens is 1. The van der Waals surface area contributed by atoms with Crippen molar-refractivity contribution in [3.8, 4) is 0 Å². The van der Waals surface area contributed by atoms with Crippen molar-refractivity contribution in [1.29, 1.82) is 0 Å². The van der Waals surface area contributed by atoms with E-state index in [1.54, 1.807) is 0 Å². The molecule has 2 nitrogen and oxygen atoms in total. The molecular formula is C18H21BrN2. The van der Waals surface area contributed by atoms with E-state index in [1.807, 2.05) is 6.20 Å². The van der Waals surface area contributed by atoms with Crippen molar-refractivity contribution in [2.75, 3.05) is 5.32 Å². The highest BCUT2D eigenvalue weighted by Gasteiger charge is 2.41. The van der Waals surface area contributed by atoms with E-state index in [0.717, 1.165) is 28.0 Å². The van der Waals surface area contributed by atoms with Gasteiger partial charge in [-0.3, -0.25) is 0 Å². The Bertz CT molecular complexity index is 669. The van der Waals surface area contributed by atoms with Crippen LogP contribution in [0.4, 0.5) is 5.82 Å². The number of fused-ring (bicyclic) bond motifs is 3. The number of hydrogen-bond donors (Lipinski definition) is 1. The summed E-state index contributed by atoms with van der Waals surface area (Å²) in [6.45, 7) is 2.34. The molecule has 0 aliphatic heterocycles. The van der Waals surface area contributed by atoms with Gasteiger partial charge in [-0.15, -0.1) is 0 Å². The number of anilines is 1. The van der Waals surface area contributed by atoms with Crippen LogP contribution in [0.2, 0.25) is 0 Å². The zero-order valence-electron chi connectivity index (χ0n) is 12.3. The molecule has 0 saturated heterocycles. The Hall–Kier alpha value is -1.09. The largest absolute Gasteiger partial charge is 0.367 e. The molecule has 3 heteroatoms. The van der Waals surface area contributed by atoms with E-state index in [2.05, 4.69) is 57.4 Å². The number of nitrogens with zero attached hydrogens (tertiary/aromatic N) is 1. The summed E-state index contributed by atoms with van der Waals surface area (Å²) in [7, 11) is 0. The van der Waals surface area contributed by atoms with E-state index in [0.29, 0.717) is 6.04 Å². The van der Waals surface area contributed by atoms with Crippen LogP contribution >= 0.6 is 15.9 Å². The van der Waals surface area contributed by atoms with Crippen molar-refractivity contribution in [3.63, 3.8) is 0 Å². The van der Waals surface area contributed by atoms with Gasteiger partial charge in [0.2, 0.25) is 0 Å². The fourth-order valence-electron chi connectivity index (χ4n) is 4.51. The van der Waals surface area contributed by atoms with Crippen LogP contribution in [0.3, 0.4) is 0 Å². The molecule has 2 fully saturated rings. The molecule has 1 aromatic carbocycles. The van der Waals surface area contributed by atoms with Gasteiger partial charge in [0.15, 0.2) is 0 Å². The lowest BCUT2D eigenvalue weighted by Gasteiger charge is -2.29. The Morgan fingerprint density at radius 2 is 2.10 bits per heavy atom. The van der Waals surface area contributed by atoms with Crippen LogP contribution < -0.4 is 5.32 Å². The average molecular weight is 345 g/mol. The zero-order valence-corrected chi connectivity index (χ0v) is 13.9. The first-order valence-corrected chi connectivity index (χ1v) is 8.81. The van der Waals surface area contributed by atoms with Gasteiger partial charge in [-0.05, 0) is 56.1 Å². The van der Waals surface area contributed by atoms with Gasteiger partial charge in [0, 0.05) is 27.5 Å². The summed E-state index contributed by atoms with van der Waals surface area (Å²) in [6, 6.07) is 8.92. The van der Waals surface area contributed by atoms with E-state index in [9.17, 15) is 0 Å². The highest BCUT2D eigenvalue weighted by molar-refractivity contribution is 9.10.